The molecule has 0 aliphatic heterocycles. The van der Waals surface area contributed by atoms with Gasteiger partial charge in [-0.3, -0.25) is 11.3 Å². The van der Waals surface area contributed by atoms with Crippen molar-refractivity contribution in [2.24, 2.45) is 5.84 Å². The van der Waals surface area contributed by atoms with E-state index in [0.29, 0.717) is 5.75 Å². The Hall–Kier alpha value is -0.780. The Morgan fingerprint density at radius 2 is 2.21 bits per heavy atom. The van der Waals surface area contributed by atoms with Gasteiger partial charge in [-0.25, -0.2) is 4.39 Å². The van der Waals surface area contributed by atoms with Crippen LogP contribution >= 0.6 is 11.8 Å². The van der Waals surface area contributed by atoms with Gasteiger partial charge in [0.25, 0.3) is 0 Å². The van der Waals surface area contributed by atoms with Gasteiger partial charge in [0.2, 0.25) is 0 Å². The maximum atomic E-state index is 13.4. The van der Waals surface area contributed by atoms with E-state index in [-0.39, 0.29) is 11.9 Å². The Morgan fingerprint density at radius 3 is 2.84 bits per heavy atom. The monoisotopic (exact) mass is 284 g/mol. The zero-order valence-electron chi connectivity index (χ0n) is 11.2. The van der Waals surface area contributed by atoms with Gasteiger partial charge in [0, 0.05) is 16.6 Å². The van der Waals surface area contributed by atoms with Crippen molar-refractivity contribution in [2.45, 2.75) is 37.0 Å². The minimum atomic E-state index is -0.262. The Morgan fingerprint density at radius 1 is 1.47 bits per heavy atom. The number of nitrogens with one attached hydrogen (secondary N) is 1. The van der Waals surface area contributed by atoms with Crippen molar-refractivity contribution in [3.8, 4) is 5.75 Å². The van der Waals surface area contributed by atoms with E-state index in [1.54, 1.807) is 13.2 Å². The van der Waals surface area contributed by atoms with E-state index in [0.717, 1.165) is 16.6 Å². The Bertz CT molecular complexity index is 410. The number of benzene rings is 1. The predicted molar refractivity (Wildman–Crippen MR) is 77.7 cm³/mol. The molecule has 1 saturated carbocycles. The zero-order chi connectivity index (χ0) is 13.7. The van der Waals surface area contributed by atoms with Crippen LogP contribution in [0.3, 0.4) is 0 Å². The molecule has 0 radical (unpaired) electrons. The maximum absolute atomic E-state index is 13.4. The lowest BCUT2D eigenvalue weighted by Crippen LogP contribution is -2.30. The minimum Gasteiger partial charge on any atom is -0.496 e. The molecule has 1 atom stereocenters. The Labute approximate surface area is 118 Å². The number of ether oxygens (including phenoxy) is 1. The van der Waals surface area contributed by atoms with Crippen LogP contribution in [0.4, 0.5) is 4.39 Å². The van der Waals surface area contributed by atoms with Crippen LogP contribution in [-0.4, -0.2) is 18.1 Å². The number of nitrogens with two attached hydrogens (primary N) is 1. The molecule has 19 heavy (non-hydrogen) atoms. The first kappa shape index (κ1) is 14.6. The molecule has 1 aliphatic carbocycles. The van der Waals surface area contributed by atoms with Gasteiger partial charge in [0.15, 0.2) is 0 Å². The quantitative estimate of drug-likeness (QED) is 0.623. The summed E-state index contributed by atoms with van der Waals surface area (Å²) in [6.07, 6.45) is 5.20. The lowest BCUT2D eigenvalue weighted by molar-refractivity contribution is 0.401. The highest BCUT2D eigenvalue weighted by Gasteiger charge is 2.20. The van der Waals surface area contributed by atoms with Crippen LogP contribution in [0.15, 0.2) is 18.2 Å². The van der Waals surface area contributed by atoms with Gasteiger partial charge in [-0.1, -0.05) is 12.8 Å². The van der Waals surface area contributed by atoms with E-state index in [2.05, 4.69) is 5.43 Å². The van der Waals surface area contributed by atoms with Crippen LogP contribution in [-0.2, 0) is 0 Å². The molecule has 3 nitrogen and oxygen atoms in total. The molecule has 0 bridgehead atoms. The number of methoxy groups -OCH3 is 1. The summed E-state index contributed by atoms with van der Waals surface area (Å²) in [4.78, 5) is 0. The highest BCUT2D eigenvalue weighted by Crippen LogP contribution is 2.34. The number of hydrogen-bond donors (Lipinski definition) is 2. The van der Waals surface area contributed by atoms with Crippen molar-refractivity contribution in [3.05, 3.63) is 29.6 Å². The molecular weight excluding hydrogens is 263 g/mol. The van der Waals surface area contributed by atoms with Crippen LogP contribution < -0.4 is 16.0 Å². The fourth-order valence-electron chi connectivity index (χ4n) is 2.49. The van der Waals surface area contributed by atoms with Crippen LogP contribution in [0.1, 0.15) is 37.3 Å². The summed E-state index contributed by atoms with van der Waals surface area (Å²) in [5.74, 6) is 6.87. The van der Waals surface area contributed by atoms with Gasteiger partial charge in [-0.05, 0) is 31.0 Å². The predicted octanol–water partition coefficient (Wildman–Crippen LogP) is 3.01. The highest BCUT2D eigenvalue weighted by molar-refractivity contribution is 7.99. The molecule has 1 unspecified atom stereocenters. The molecule has 0 saturated heterocycles. The smallest absolute Gasteiger partial charge is 0.123 e. The van der Waals surface area contributed by atoms with Gasteiger partial charge in [0.1, 0.15) is 11.6 Å². The minimum absolute atomic E-state index is 0.0868. The van der Waals surface area contributed by atoms with Gasteiger partial charge in [-0.15, -0.1) is 0 Å². The molecule has 1 fully saturated rings. The topological polar surface area (TPSA) is 47.3 Å². The van der Waals surface area contributed by atoms with Crippen molar-refractivity contribution in [1.29, 1.82) is 0 Å². The molecule has 0 spiro atoms. The normalized spacial score (nSPS) is 17.6. The maximum Gasteiger partial charge on any atom is 0.123 e. The van der Waals surface area contributed by atoms with Crippen LogP contribution in [0, 0.1) is 5.82 Å². The fraction of sp³-hybridized carbons (Fsp3) is 0.571. The Balaban J connectivity index is 2.05. The molecular formula is C14H21FN2OS. The second-order valence-electron chi connectivity index (χ2n) is 4.85. The first-order valence-electron chi connectivity index (χ1n) is 6.65. The summed E-state index contributed by atoms with van der Waals surface area (Å²) < 4.78 is 18.7. The first-order chi connectivity index (χ1) is 9.24. The van der Waals surface area contributed by atoms with Gasteiger partial charge >= 0.3 is 0 Å². The van der Waals surface area contributed by atoms with E-state index >= 15 is 0 Å². The van der Waals surface area contributed by atoms with Gasteiger partial charge in [0.05, 0.1) is 13.2 Å². The molecule has 0 amide bonds. The molecule has 2 rings (SSSR count). The van der Waals surface area contributed by atoms with E-state index in [9.17, 15) is 4.39 Å². The van der Waals surface area contributed by atoms with Crippen molar-refractivity contribution < 1.29 is 9.13 Å². The summed E-state index contributed by atoms with van der Waals surface area (Å²) in [5, 5.41) is 0.718. The number of thioether (sulfide) groups is 1. The average Bonchev–Trinajstić information content (AvgIpc) is 2.93. The average molecular weight is 284 g/mol. The number of halogens is 1. The summed E-state index contributed by atoms with van der Waals surface area (Å²) in [5.41, 5.74) is 3.56. The third-order valence-electron chi connectivity index (χ3n) is 3.57. The summed E-state index contributed by atoms with van der Waals surface area (Å²) >= 11 is 1.92. The van der Waals surface area contributed by atoms with Crippen LogP contribution in [0.5, 0.6) is 5.75 Å². The van der Waals surface area contributed by atoms with E-state index < -0.39 is 0 Å². The number of hydrogen-bond acceptors (Lipinski definition) is 4. The largest absolute Gasteiger partial charge is 0.496 e. The second-order valence-corrected chi connectivity index (χ2v) is 6.18. The number of hydrazine groups is 1. The van der Waals surface area contributed by atoms with Gasteiger partial charge in [-0.2, -0.15) is 11.8 Å². The fourth-order valence-corrected chi connectivity index (χ4v) is 3.90. The van der Waals surface area contributed by atoms with Gasteiger partial charge < -0.3 is 4.74 Å². The summed E-state index contributed by atoms with van der Waals surface area (Å²) in [7, 11) is 1.59. The molecule has 0 heterocycles. The molecule has 1 aromatic carbocycles. The lowest BCUT2D eigenvalue weighted by Gasteiger charge is -2.20. The first-order valence-corrected chi connectivity index (χ1v) is 7.70. The highest BCUT2D eigenvalue weighted by atomic mass is 32.2. The van der Waals surface area contributed by atoms with Crippen LogP contribution in [0.25, 0.3) is 0 Å². The molecule has 0 aromatic heterocycles. The van der Waals surface area contributed by atoms with Crippen molar-refractivity contribution in [3.63, 3.8) is 0 Å². The third kappa shape index (κ3) is 3.84. The SMILES string of the molecule is COc1ccc(F)cc1C(CSC1CCCC1)NN. The zero-order valence-corrected chi connectivity index (χ0v) is 12.0. The second kappa shape index (κ2) is 7.12. The molecule has 106 valence electrons. The molecule has 5 heteroatoms. The van der Waals surface area contributed by atoms with Crippen LogP contribution in [0.2, 0.25) is 0 Å². The third-order valence-corrected chi connectivity index (χ3v) is 5.04. The summed E-state index contributed by atoms with van der Waals surface area (Å²) in [6.45, 7) is 0. The van der Waals surface area contributed by atoms with Crippen molar-refractivity contribution in [2.75, 3.05) is 12.9 Å². The standard InChI is InChI=1S/C14H21FN2OS/c1-18-14-7-6-10(15)8-12(14)13(17-16)9-19-11-4-2-3-5-11/h6-8,11,13,17H,2-5,9,16H2,1H3. The molecule has 1 aromatic rings. The van der Waals surface area contributed by atoms with E-state index in [1.165, 1.54) is 37.8 Å². The van der Waals surface area contributed by atoms with Crippen molar-refractivity contribution in [1.82, 2.24) is 5.43 Å². The van der Waals surface area contributed by atoms with E-state index in [1.807, 2.05) is 11.8 Å². The van der Waals surface area contributed by atoms with E-state index in [4.69, 9.17) is 10.6 Å². The van der Waals surface area contributed by atoms with Crippen molar-refractivity contribution >= 4 is 11.8 Å². The Kier molecular flexibility index (Phi) is 5.48. The number of rotatable bonds is 6. The summed E-state index contributed by atoms with van der Waals surface area (Å²) in [6, 6.07) is 4.46. The molecule has 1 aliphatic rings. The molecule has 3 N–H and O–H groups in total. The lowest BCUT2D eigenvalue weighted by atomic mass is 10.1.